The Balaban J connectivity index is 2.45. The molecule has 0 saturated carbocycles. The minimum absolute atomic E-state index is 0.00548. The number of nitrogens with zero attached hydrogens (tertiary/aromatic N) is 3. The first-order valence-electron chi connectivity index (χ1n) is 46.7. The van der Waals surface area contributed by atoms with E-state index < -0.39 is 297 Å². The fourth-order valence-corrected chi connectivity index (χ4v) is 14.8. The number of aliphatic hydroxyl groups is 3. The Morgan fingerprint density at radius 2 is 0.717 bits per heavy atom. The second-order valence-electron chi connectivity index (χ2n) is 35.1. The van der Waals surface area contributed by atoms with Crippen LogP contribution in [0.2, 0.25) is 0 Å². The first kappa shape index (κ1) is 122. The average Bonchev–Trinajstić information content (AvgIpc) is 1.65. The summed E-state index contributed by atoms with van der Waals surface area (Å²) in [6, 6.07) is -26.0. The smallest absolute Gasteiger partial charge is 0.326 e. The van der Waals surface area contributed by atoms with Crippen LogP contribution in [0.25, 0.3) is 0 Å². The van der Waals surface area contributed by atoms with Crippen molar-refractivity contribution in [3.05, 3.63) is 0 Å². The average molecular weight is 1970 g/mol. The van der Waals surface area contributed by atoms with Crippen LogP contribution < -0.4 is 126 Å². The predicted octanol–water partition coefficient (Wildman–Crippen LogP) is -10.7. The van der Waals surface area contributed by atoms with E-state index in [1.165, 1.54) is 23.6 Å². The number of aliphatic hydroxyl groups excluding tert-OH is 3. The molecule has 0 bridgehead atoms. The molecule has 2 heterocycles. The Hall–Kier alpha value is -12.2. The van der Waals surface area contributed by atoms with Gasteiger partial charge in [0, 0.05) is 38.9 Å². The van der Waals surface area contributed by atoms with Gasteiger partial charge in [0.15, 0.2) is 5.96 Å². The van der Waals surface area contributed by atoms with Crippen molar-refractivity contribution in [3.8, 4) is 0 Å². The number of nitrogens with one attached hydrogen (secondary N) is 15. The van der Waals surface area contributed by atoms with Crippen LogP contribution >= 0.6 is 0 Å². The van der Waals surface area contributed by atoms with E-state index in [9.17, 15) is 131 Å². The number of carboxylic acid groups (broad SMARTS) is 3. The minimum Gasteiger partial charge on any atom is -0.481 e. The molecular weight excluding hydrogens is 1820 g/mol. The van der Waals surface area contributed by atoms with Crippen LogP contribution in [-0.4, -0.2) is 345 Å². The summed E-state index contributed by atoms with van der Waals surface area (Å²) in [5.41, 5.74) is 45.5. The quantitative estimate of drug-likeness (QED) is 0.0153. The lowest BCUT2D eigenvalue weighted by Gasteiger charge is -2.32. The summed E-state index contributed by atoms with van der Waals surface area (Å²) < 4.78 is 0. The van der Waals surface area contributed by atoms with Gasteiger partial charge in [-0.25, -0.2) is 4.79 Å². The zero-order chi connectivity index (χ0) is 104. The molecule has 0 aliphatic carbocycles. The maximum absolute atomic E-state index is 14.7. The molecule has 782 valence electrons. The van der Waals surface area contributed by atoms with Gasteiger partial charge in [-0.2, -0.15) is 0 Å². The standard InChI is InChI=1S/C85H150N26O27/c1-43(2)40-57(84(137)138)105-68(121)46(6)96-69(122)52(24-17-37-94-85(92)93)100-76(129)58(42-112)106-81(134)67(48(8)114)109-75(128)53(28-31-63(117)118)97-62(116)41-95-79(132)66(47(7)113)108-74(127)51(22-11-15-35-88)99-72(125)54(27-30-61(91)115)101-70(123)49(20-9-13-33-86)98-71(124)50(21-10-14-34-87)103-80(133)65(44(3)4)107-78(131)60-26-19-39-111(60)83(136)56(23-12-16-36-89)104-73(126)55(29-32-64(119)120)102-77(130)59-25-18-38-110(59)82(135)45(5)90/h43-60,65-67,112-114H,9-42,86-90H2,1-8H3,(H2,91,115)(H,95,132)(H,96,122)(H,97,116)(H,98,124)(H,99,125)(H,100,129)(H,101,123)(H,102,130)(H,103,133)(H,104,126)(H,105,121)(H,106,134)(H,107,131)(H,108,127)(H,109,128)(H,117,118)(H,119,120)(H,137,138)(H4,92,93,94)/t45-,46-,47+,48+,49-,50-,51-,52-,53-,54-,55-,56-,57-,58-,59-,60-,65-,66-,67-/m0/s1. The molecule has 2 aliphatic rings. The summed E-state index contributed by atoms with van der Waals surface area (Å²) in [4.78, 5) is 293. The number of hydrogen-bond acceptors (Lipinski definition) is 30. The number of amides is 18. The van der Waals surface area contributed by atoms with E-state index in [0.717, 1.165) is 13.8 Å². The van der Waals surface area contributed by atoms with Crippen LogP contribution in [0.5, 0.6) is 0 Å². The third kappa shape index (κ3) is 44.5. The fourth-order valence-electron chi connectivity index (χ4n) is 14.8. The van der Waals surface area contributed by atoms with Gasteiger partial charge in [0.2, 0.25) is 106 Å². The fraction of sp³-hybridized carbons (Fsp3) is 0.741. The number of nitrogens with two attached hydrogens (primary N) is 8. The summed E-state index contributed by atoms with van der Waals surface area (Å²) in [7, 11) is 0. The molecule has 0 radical (unpaired) electrons. The molecule has 2 fully saturated rings. The van der Waals surface area contributed by atoms with Crippen molar-refractivity contribution in [2.45, 2.75) is 331 Å². The van der Waals surface area contributed by atoms with Gasteiger partial charge in [0.05, 0.1) is 31.4 Å². The van der Waals surface area contributed by atoms with Gasteiger partial charge in [-0.15, -0.1) is 0 Å². The second-order valence-corrected chi connectivity index (χ2v) is 35.1. The van der Waals surface area contributed by atoms with Crippen LogP contribution in [0.4, 0.5) is 0 Å². The molecule has 53 nitrogen and oxygen atoms in total. The van der Waals surface area contributed by atoms with Crippen LogP contribution in [-0.2, 0) is 101 Å². The van der Waals surface area contributed by atoms with Crippen molar-refractivity contribution < 1.29 is 131 Å². The van der Waals surface area contributed by atoms with Gasteiger partial charge < -0.3 is 166 Å². The number of primary amides is 1. The first-order chi connectivity index (χ1) is 65.0. The molecule has 37 N–H and O–H groups in total. The number of aliphatic carboxylic acids is 3. The van der Waals surface area contributed by atoms with E-state index in [4.69, 9.17) is 45.9 Å². The van der Waals surface area contributed by atoms with Gasteiger partial charge >= 0.3 is 17.9 Å². The zero-order valence-corrected chi connectivity index (χ0v) is 79.9. The van der Waals surface area contributed by atoms with E-state index in [2.05, 4.69) is 84.7 Å². The lowest BCUT2D eigenvalue weighted by atomic mass is 10.0. The van der Waals surface area contributed by atoms with Crippen LogP contribution in [0, 0.1) is 11.8 Å². The molecule has 0 spiro atoms. The van der Waals surface area contributed by atoms with Crippen LogP contribution in [0.1, 0.15) is 216 Å². The molecule has 0 aromatic heterocycles. The Morgan fingerprint density at radius 3 is 1.12 bits per heavy atom. The number of unbranched alkanes of at least 4 members (excludes halogenated alkanes) is 4. The normalized spacial score (nSPS) is 17.1. The highest BCUT2D eigenvalue weighted by molar-refractivity contribution is 6.02. The lowest BCUT2D eigenvalue weighted by molar-refractivity contribution is -0.143. The number of hydrogen-bond donors (Lipinski definition) is 29. The highest BCUT2D eigenvalue weighted by Gasteiger charge is 2.44. The number of rotatable bonds is 68. The Morgan fingerprint density at radius 1 is 0.370 bits per heavy atom. The van der Waals surface area contributed by atoms with Crippen molar-refractivity contribution in [2.24, 2.45) is 62.7 Å². The second kappa shape index (κ2) is 64.1. The molecule has 53 heteroatoms. The molecule has 2 saturated heterocycles. The summed E-state index contributed by atoms with van der Waals surface area (Å²) in [6.45, 7) is 9.70. The van der Waals surface area contributed by atoms with Gasteiger partial charge in [-0.1, -0.05) is 27.7 Å². The van der Waals surface area contributed by atoms with Crippen molar-refractivity contribution in [2.75, 3.05) is 59.0 Å². The third-order valence-electron chi connectivity index (χ3n) is 22.5. The Kier molecular flexibility index (Phi) is 56.6. The number of guanidine groups is 1. The van der Waals surface area contributed by atoms with Crippen LogP contribution in [0.3, 0.4) is 0 Å². The molecule has 0 aromatic carbocycles. The molecule has 2 rings (SSSR count). The number of carbonyl (C=O) groups is 21. The number of carboxylic acids is 3. The van der Waals surface area contributed by atoms with E-state index in [0.29, 0.717) is 32.1 Å². The summed E-state index contributed by atoms with van der Waals surface area (Å²) in [5.74, 6) is -23.5. The SMILES string of the molecule is CC(C)C[C@H](NC(=O)[C@H](C)NC(=O)[C@H](CCCN=C(N)N)NC(=O)[C@H](CO)NC(=O)[C@@H](NC(=O)[C@H](CCC(=O)O)NC(=O)CNC(=O)[C@@H](NC(=O)[C@H](CCCCN)NC(=O)[C@H](CCC(N)=O)NC(=O)[C@H](CCCCN)NC(=O)[C@H](CCCCN)NC(=O)[C@@H](NC(=O)[C@@H]1CCCN1C(=O)[C@H](CCCCN)NC(=O)[C@H](CCC(=O)O)NC(=O)[C@@H]1CCCN1C(=O)[C@H](C)N)C(C)C)[C@@H](C)O)[C@@H](C)O)C(=O)O. The molecule has 138 heavy (non-hydrogen) atoms. The zero-order valence-electron chi connectivity index (χ0n) is 79.9. The van der Waals surface area contributed by atoms with Gasteiger partial charge in [-0.3, -0.25) is 101 Å². The molecule has 18 amide bonds. The van der Waals surface area contributed by atoms with Crippen molar-refractivity contribution in [3.63, 3.8) is 0 Å². The van der Waals surface area contributed by atoms with Gasteiger partial charge in [0.1, 0.15) is 96.7 Å². The van der Waals surface area contributed by atoms with Crippen molar-refractivity contribution in [1.29, 1.82) is 0 Å². The Labute approximate surface area is 800 Å². The monoisotopic (exact) mass is 1970 g/mol. The summed E-state index contributed by atoms with van der Waals surface area (Å²) in [6.07, 6.45) is -4.97. The van der Waals surface area contributed by atoms with Crippen molar-refractivity contribution in [1.82, 2.24) is 89.6 Å². The predicted molar refractivity (Wildman–Crippen MR) is 495 cm³/mol. The van der Waals surface area contributed by atoms with E-state index in [-0.39, 0.29) is 148 Å². The Bertz CT molecular complexity index is 4100. The minimum atomic E-state index is -2.06. The van der Waals surface area contributed by atoms with E-state index in [1.54, 1.807) is 27.7 Å². The third-order valence-corrected chi connectivity index (χ3v) is 22.5. The van der Waals surface area contributed by atoms with E-state index >= 15 is 0 Å². The van der Waals surface area contributed by atoms with E-state index in [1.807, 2.05) is 0 Å². The van der Waals surface area contributed by atoms with Gasteiger partial charge in [0.25, 0.3) is 0 Å². The lowest BCUT2D eigenvalue weighted by Crippen LogP contribution is -2.62. The molecule has 2 aliphatic heterocycles. The molecule has 0 unspecified atom stereocenters. The number of carbonyl (C=O) groups excluding carboxylic acids is 18. The van der Waals surface area contributed by atoms with Crippen molar-refractivity contribution >= 4 is 130 Å². The van der Waals surface area contributed by atoms with Gasteiger partial charge in [-0.05, 0) is 207 Å². The summed E-state index contributed by atoms with van der Waals surface area (Å²) in [5, 5.41) is 97.2. The maximum atomic E-state index is 14.7. The van der Waals surface area contributed by atoms with Crippen LogP contribution in [0.15, 0.2) is 4.99 Å². The largest absolute Gasteiger partial charge is 0.481 e. The highest BCUT2D eigenvalue weighted by Crippen LogP contribution is 2.24. The topological polar surface area (TPSA) is 887 Å². The molecule has 0 aromatic rings. The summed E-state index contributed by atoms with van der Waals surface area (Å²) >= 11 is 0. The first-order valence-corrected chi connectivity index (χ1v) is 46.7. The molecule has 19 atom stereocenters. The number of aliphatic imine (C=N–C) groups is 1. The molecular formula is C85H150N26O27. The maximum Gasteiger partial charge on any atom is 0.326 e. The highest BCUT2D eigenvalue weighted by atomic mass is 16.4. The number of likely N-dealkylation sites (tertiary alicyclic amines) is 2.